The maximum Gasteiger partial charge on any atom is 0.252 e. The molecule has 2 aromatic heterocycles. The van der Waals surface area contributed by atoms with Crippen LogP contribution in [0.1, 0.15) is 15.9 Å². The topological polar surface area (TPSA) is 51.2 Å². The van der Waals surface area contributed by atoms with Crippen molar-refractivity contribution in [1.29, 1.82) is 0 Å². The first-order chi connectivity index (χ1) is 11.7. The molecule has 6 heteroatoms. The number of halogens is 1. The number of hydrogen-bond acceptors (Lipinski definition) is 4. The van der Waals surface area contributed by atoms with E-state index in [1.54, 1.807) is 42.8 Å². The second kappa shape index (κ2) is 7.59. The van der Waals surface area contributed by atoms with Gasteiger partial charge in [-0.15, -0.1) is 11.3 Å². The number of carbonyl (C=O) groups is 1. The second-order valence-electron chi connectivity index (χ2n) is 5.06. The third-order valence-electron chi connectivity index (χ3n) is 3.47. The molecule has 0 atom stereocenters. The number of carbonyl (C=O) groups excluding carboxylic acids is 1. The van der Waals surface area contributed by atoms with Gasteiger partial charge in [-0.2, -0.15) is 0 Å². The Morgan fingerprint density at radius 2 is 2.17 bits per heavy atom. The van der Waals surface area contributed by atoms with Gasteiger partial charge in [0, 0.05) is 17.2 Å². The van der Waals surface area contributed by atoms with Crippen molar-refractivity contribution in [3.63, 3.8) is 0 Å². The summed E-state index contributed by atoms with van der Waals surface area (Å²) in [6, 6.07) is 13.2. The van der Waals surface area contributed by atoms with E-state index in [1.165, 1.54) is 0 Å². The summed E-state index contributed by atoms with van der Waals surface area (Å²) in [5, 5.41) is 4.95. The molecule has 0 saturated carbocycles. The molecule has 1 aromatic carbocycles. The molecule has 3 aromatic rings. The molecule has 0 bridgehead atoms. The van der Waals surface area contributed by atoms with E-state index in [2.05, 4.69) is 26.2 Å². The SMILES string of the molecule is COc1ccc(Br)c(C(=O)NCc2ccnc(-c3cccs3)c2)c1. The zero-order chi connectivity index (χ0) is 16.9. The van der Waals surface area contributed by atoms with Gasteiger partial charge in [0.1, 0.15) is 5.75 Å². The number of rotatable bonds is 5. The van der Waals surface area contributed by atoms with E-state index < -0.39 is 0 Å². The van der Waals surface area contributed by atoms with Crippen LogP contribution in [-0.4, -0.2) is 18.0 Å². The average molecular weight is 403 g/mol. The van der Waals surface area contributed by atoms with Crippen molar-refractivity contribution >= 4 is 33.2 Å². The lowest BCUT2D eigenvalue weighted by molar-refractivity contribution is 0.0950. The summed E-state index contributed by atoms with van der Waals surface area (Å²) >= 11 is 5.04. The largest absolute Gasteiger partial charge is 0.497 e. The monoisotopic (exact) mass is 402 g/mol. The molecule has 0 unspecified atom stereocenters. The van der Waals surface area contributed by atoms with Gasteiger partial charge in [-0.25, -0.2) is 0 Å². The number of methoxy groups -OCH3 is 1. The molecular formula is C18H15BrN2O2S. The minimum atomic E-state index is -0.157. The van der Waals surface area contributed by atoms with Gasteiger partial charge in [-0.05, 0) is 63.3 Å². The molecule has 0 radical (unpaired) electrons. The maximum atomic E-state index is 12.4. The number of amides is 1. The minimum absolute atomic E-state index is 0.157. The van der Waals surface area contributed by atoms with Crippen LogP contribution in [-0.2, 0) is 6.54 Å². The van der Waals surface area contributed by atoms with Crippen LogP contribution in [0.25, 0.3) is 10.6 Å². The Kier molecular flexibility index (Phi) is 5.27. The van der Waals surface area contributed by atoms with Crippen molar-refractivity contribution in [1.82, 2.24) is 10.3 Å². The highest BCUT2D eigenvalue weighted by atomic mass is 79.9. The molecule has 122 valence electrons. The summed E-state index contributed by atoms with van der Waals surface area (Å²) in [7, 11) is 1.58. The third-order valence-corrected chi connectivity index (χ3v) is 5.05. The van der Waals surface area contributed by atoms with Gasteiger partial charge in [-0.1, -0.05) is 6.07 Å². The molecule has 0 aliphatic carbocycles. The molecule has 1 N–H and O–H groups in total. The van der Waals surface area contributed by atoms with Crippen molar-refractivity contribution in [2.45, 2.75) is 6.54 Å². The van der Waals surface area contributed by atoms with Crippen LogP contribution in [0.15, 0.2) is 58.5 Å². The highest BCUT2D eigenvalue weighted by Gasteiger charge is 2.11. The Morgan fingerprint density at radius 1 is 1.29 bits per heavy atom. The van der Waals surface area contributed by atoms with Gasteiger partial charge in [0.25, 0.3) is 5.91 Å². The molecule has 4 nitrogen and oxygen atoms in total. The molecule has 3 rings (SSSR count). The predicted molar refractivity (Wildman–Crippen MR) is 99.4 cm³/mol. The van der Waals surface area contributed by atoms with Gasteiger partial charge < -0.3 is 10.1 Å². The molecule has 2 heterocycles. The Balaban J connectivity index is 1.72. The molecule has 0 aliphatic rings. The van der Waals surface area contributed by atoms with E-state index in [-0.39, 0.29) is 5.91 Å². The number of nitrogens with one attached hydrogen (secondary N) is 1. The van der Waals surface area contributed by atoms with Crippen molar-refractivity contribution in [2.24, 2.45) is 0 Å². The molecule has 0 spiro atoms. The number of ether oxygens (including phenoxy) is 1. The van der Waals surface area contributed by atoms with Crippen molar-refractivity contribution in [2.75, 3.05) is 7.11 Å². The zero-order valence-electron chi connectivity index (χ0n) is 13.0. The lowest BCUT2D eigenvalue weighted by Gasteiger charge is -2.09. The smallest absolute Gasteiger partial charge is 0.252 e. The highest BCUT2D eigenvalue weighted by molar-refractivity contribution is 9.10. The summed E-state index contributed by atoms with van der Waals surface area (Å²) in [5.41, 5.74) is 2.46. The van der Waals surface area contributed by atoms with Gasteiger partial charge in [0.05, 0.1) is 23.2 Å². The fourth-order valence-electron chi connectivity index (χ4n) is 2.23. The number of benzene rings is 1. The van der Waals surface area contributed by atoms with Crippen LogP contribution in [0.3, 0.4) is 0 Å². The van der Waals surface area contributed by atoms with Crippen LogP contribution in [0.4, 0.5) is 0 Å². The Hall–Kier alpha value is -2.18. The van der Waals surface area contributed by atoms with Crippen LogP contribution in [0.2, 0.25) is 0 Å². The quantitative estimate of drug-likeness (QED) is 0.682. The minimum Gasteiger partial charge on any atom is -0.497 e. The first-order valence-corrected chi connectivity index (χ1v) is 8.95. The highest BCUT2D eigenvalue weighted by Crippen LogP contribution is 2.24. The summed E-state index contributed by atoms with van der Waals surface area (Å²) in [4.78, 5) is 17.9. The number of pyridine rings is 1. The maximum absolute atomic E-state index is 12.4. The first kappa shape index (κ1) is 16.7. The van der Waals surface area contributed by atoms with E-state index in [0.29, 0.717) is 17.9 Å². The Bertz CT molecular complexity index is 850. The summed E-state index contributed by atoms with van der Waals surface area (Å²) < 4.78 is 5.90. The lowest BCUT2D eigenvalue weighted by atomic mass is 10.1. The summed E-state index contributed by atoms with van der Waals surface area (Å²) in [6.07, 6.45) is 1.76. The number of aromatic nitrogens is 1. The normalized spacial score (nSPS) is 10.4. The van der Waals surface area contributed by atoms with Crippen LogP contribution in [0.5, 0.6) is 5.75 Å². The number of hydrogen-bond donors (Lipinski definition) is 1. The molecule has 0 fully saturated rings. The molecule has 24 heavy (non-hydrogen) atoms. The molecule has 0 aliphatic heterocycles. The van der Waals surface area contributed by atoms with Gasteiger partial charge in [0.15, 0.2) is 0 Å². The van der Waals surface area contributed by atoms with Crippen molar-refractivity contribution in [3.8, 4) is 16.3 Å². The van der Waals surface area contributed by atoms with E-state index in [1.807, 2.05) is 29.6 Å². The average Bonchev–Trinajstić information content (AvgIpc) is 3.15. The van der Waals surface area contributed by atoms with Crippen molar-refractivity contribution in [3.05, 3.63) is 69.6 Å². The second-order valence-corrected chi connectivity index (χ2v) is 6.86. The summed E-state index contributed by atoms with van der Waals surface area (Å²) in [5.74, 6) is 0.488. The number of thiophene rings is 1. The molecular weight excluding hydrogens is 388 g/mol. The van der Waals surface area contributed by atoms with Crippen LogP contribution in [0, 0.1) is 0 Å². The standard InChI is InChI=1S/C18H15BrN2O2S/c1-23-13-4-5-15(19)14(10-13)18(22)21-11-12-6-7-20-16(9-12)17-3-2-8-24-17/h2-10H,11H2,1H3,(H,21,22). The van der Waals surface area contributed by atoms with E-state index in [0.717, 1.165) is 20.6 Å². The Labute approximate surface area is 152 Å². The first-order valence-electron chi connectivity index (χ1n) is 7.28. The fraction of sp³-hybridized carbons (Fsp3) is 0.111. The van der Waals surface area contributed by atoms with E-state index in [9.17, 15) is 4.79 Å². The van der Waals surface area contributed by atoms with Crippen LogP contribution >= 0.6 is 27.3 Å². The predicted octanol–water partition coefficient (Wildman–Crippen LogP) is 4.51. The van der Waals surface area contributed by atoms with E-state index >= 15 is 0 Å². The molecule has 0 saturated heterocycles. The Morgan fingerprint density at radius 3 is 2.92 bits per heavy atom. The zero-order valence-corrected chi connectivity index (χ0v) is 15.4. The van der Waals surface area contributed by atoms with Gasteiger partial charge in [-0.3, -0.25) is 9.78 Å². The lowest BCUT2D eigenvalue weighted by Crippen LogP contribution is -2.23. The third kappa shape index (κ3) is 3.83. The van der Waals surface area contributed by atoms with Crippen LogP contribution < -0.4 is 10.1 Å². The van der Waals surface area contributed by atoms with Gasteiger partial charge >= 0.3 is 0 Å². The van der Waals surface area contributed by atoms with E-state index in [4.69, 9.17) is 4.74 Å². The molecule has 1 amide bonds. The fourth-order valence-corrected chi connectivity index (χ4v) is 3.35. The summed E-state index contributed by atoms with van der Waals surface area (Å²) in [6.45, 7) is 0.434. The van der Waals surface area contributed by atoms with Gasteiger partial charge in [0.2, 0.25) is 0 Å². The number of nitrogens with zero attached hydrogens (tertiary/aromatic N) is 1. The van der Waals surface area contributed by atoms with Crippen molar-refractivity contribution < 1.29 is 9.53 Å².